The summed E-state index contributed by atoms with van der Waals surface area (Å²) in [6.45, 7) is 8.16. The molecular formula is C13H18BrNO. The molecule has 0 aliphatic carbocycles. The molecule has 0 saturated heterocycles. The second kappa shape index (κ2) is 5.60. The SMILES string of the molecule is Cc1ccc(Br)c(C)c1N=C(CO)C(C)C. The Morgan fingerprint density at radius 3 is 2.50 bits per heavy atom. The number of aliphatic hydroxyl groups is 1. The van der Waals surface area contributed by atoms with Crippen molar-refractivity contribution in [2.45, 2.75) is 27.7 Å². The summed E-state index contributed by atoms with van der Waals surface area (Å²) in [6, 6.07) is 4.06. The lowest BCUT2D eigenvalue weighted by Gasteiger charge is -2.11. The number of aliphatic imine (C=N–C) groups is 1. The Labute approximate surface area is 106 Å². The molecule has 88 valence electrons. The summed E-state index contributed by atoms with van der Waals surface area (Å²) in [5.41, 5.74) is 4.04. The van der Waals surface area contributed by atoms with E-state index < -0.39 is 0 Å². The molecule has 0 bridgehead atoms. The number of rotatable bonds is 3. The first-order valence-electron chi connectivity index (χ1n) is 5.41. The fraction of sp³-hybridized carbons (Fsp3) is 0.462. The molecule has 0 heterocycles. The van der Waals surface area contributed by atoms with Crippen molar-refractivity contribution in [1.29, 1.82) is 0 Å². The number of halogens is 1. The Kier molecular flexibility index (Phi) is 4.69. The van der Waals surface area contributed by atoms with E-state index in [9.17, 15) is 5.11 Å². The van der Waals surface area contributed by atoms with Gasteiger partial charge in [0.15, 0.2) is 0 Å². The zero-order valence-electron chi connectivity index (χ0n) is 10.2. The van der Waals surface area contributed by atoms with Gasteiger partial charge >= 0.3 is 0 Å². The molecule has 0 aliphatic heterocycles. The molecule has 0 saturated carbocycles. The van der Waals surface area contributed by atoms with Crippen LogP contribution in [-0.2, 0) is 0 Å². The van der Waals surface area contributed by atoms with E-state index >= 15 is 0 Å². The second-order valence-corrected chi connectivity index (χ2v) is 5.11. The number of hydrogen-bond donors (Lipinski definition) is 1. The Morgan fingerprint density at radius 2 is 2.00 bits per heavy atom. The maximum Gasteiger partial charge on any atom is 0.0816 e. The minimum absolute atomic E-state index is 0.0169. The minimum Gasteiger partial charge on any atom is -0.390 e. The van der Waals surface area contributed by atoms with Gasteiger partial charge < -0.3 is 5.11 Å². The quantitative estimate of drug-likeness (QED) is 0.842. The lowest BCUT2D eigenvalue weighted by Crippen LogP contribution is -2.12. The van der Waals surface area contributed by atoms with E-state index in [1.54, 1.807) is 0 Å². The van der Waals surface area contributed by atoms with E-state index in [0.717, 1.165) is 27.0 Å². The molecule has 1 aromatic carbocycles. The van der Waals surface area contributed by atoms with Gasteiger partial charge in [-0.1, -0.05) is 35.8 Å². The summed E-state index contributed by atoms with van der Waals surface area (Å²) in [5, 5.41) is 9.27. The van der Waals surface area contributed by atoms with E-state index in [2.05, 4.69) is 20.9 Å². The Morgan fingerprint density at radius 1 is 1.38 bits per heavy atom. The fourth-order valence-electron chi connectivity index (χ4n) is 1.47. The maximum absolute atomic E-state index is 9.27. The van der Waals surface area contributed by atoms with Crippen molar-refractivity contribution in [1.82, 2.24) is 0 Å². The highest BCUT2D eigenvalue weighted by Crippen LogP contribution is 2.30. The zero-order chi connectivity index (χ0) is 12.3. The lowest BCUT2D eigenvalue weighted by molar-refractivity contribution is 0.351. The van der Waals surface area contributed by atoms with Crippen molar-refractivity contribution in [3.8, 4) is 0 Å². The molecule has 1 rings (SSSR count). The molecule has 2 nitrogen and oxygen atoms in total. The Hall–Kier alpha value is -0.670. The number of benzene rings is 1. The molecule has 0 radical (unpaired) electrons. The van der Waals surface area contributed by atoms with Crippen LogP contribution in [0.5, 0.6) is 0 Å². The van der Waals surface area contributed by atoms with Crippen molar-refractivity contribution >= 4 is 27.3 Å². The van der Waals surface area contributed by atoms with Gasteiger partial charge in [0.1, 0.15) is 0 Å². The fourth-order valence-corrected chi connectivity index (χ4v) is 1.79. The number of aryl methyl sites for hydroxylation is 1. The van der Waals surface area contributed by atoms with Crippen LogP contribution in [0.15, 0.2) is 21.6 Å². The number of aliphatic hydroxyl groups excluding tert-OH is 1. The third kappa shape index (κ3) is 2.92. The second-order valence-electron chi connectivity index (χ2n) is 4.25. The zero-order valence-corrected chi connectivity index (χ0v) is 11.8. The van der Waals surface area contributed by atoms with Crippen LogP contribution in [0.3, 0.4) is 0 Å². The standard InChI is InChI=1S/C13H18BrNO/c1-8(2)12(7-16)15-13-9(3)5-6-11(14)10(13)4/h5-6,8,16H,7H2,1-4H3. The van der Waals surface area contributed by atoms with Crippen LogP contribution in [0.1, 0.15) is 25.0 Å². The smallest absolute Gasteiger partial charge is 0.0816 e. The van der Waals surface area contributed by atoms with E-state index in [4.69, 9.17) is 0 Å². The molecule has 0 aromatic heterocycles. The average molecular weight is 284 g/mol. The maximum atomic E-state index is 9.27. The van der Waals surface area contributed by atoms with Gasteiger partial charge in [0, 0.05) is 10.2 Å². The topological polar surface area (TPSA) is 32.6 Å². The molecule has 0 aliphatic rings. The van der Waals surface area contributed by atoms with E-state index in [1.165, 1.54) is 0 Å². The highest BCUT2D eigenvalue weighted by Gasteiger charge is 2.08. The van der Waals surface area contributed by atoms with Gasteiger partial charge in [-0.25, -0.2) is 0 Å². The average Bonchev–Trinajstić information content (AvgIpc) is 2.23. The third-order valence-electron chi connectivity index (χ3n) is 2.65. The van der Waals surface area contributed by atoms with Gasteiger partial charge in [-0.3, -0.25) is 4.99 Å². The van der Waals surface area contributed by atoms with E-state index in [1.807, 2.05) is 39.8 Å². The molecule has 0 atom stereocenters. The van der Waals surface area contributed by atoms with Gasteiger partial charge in [0.05, 0.1) is 12.3 Å². The van der Waals surface area contributed by atoms with Crippen molar-refractivity contribution in [3.63, 3.8) is 0 Å². The van der Waals surface area contributed by atoms with E-state index in [-0.39, 0.29) is 12.5 Å². The van der Waals surface area contributed by atoms with Gasteiger partial charge in [0.2, 0.25) is 0 Å². The van der Waals surface area contributed by atoms with Gasteiger partial charge in [-0.15, -0.1) is 0 Å². The van der Waals surface area contributed by atoms with Crippen LogP contribution in [0.4, 0.5) is 5.69 Å². The Balaban J connectivity index is 3.28. The summed E-state index contributed by atoms with van der Waals surface area (Å²) in [6.07, 6.45) is 0. The molecule has 16 heavy (non-hydrogen) atoms. The predicted octanol–water partition coefficient (Wildman–Crippen LogP) is 3.79. The van der Waals surface area contributed by atoms with Gasteiger partial charge in [-0.2, -0.15) is 0 Å². The van der Waals surface area contributed by atoms with Crippen LogP contribution in [0, 0.1) is 19.8 Å². The normalized spacial score (nSPS) is 12.3. The van der Waals surface area contributed by atoms with Gasteiger partial charge in [-0.05, 0) is 37.0 Å². The summed E-state index contributed by atoms with van der Waals surface area (Å²) >= 11 is 3.50. The third-order valence-corrected chi connectivity index (χ3v) is 3.51. The molecular weight excluding hydrogens is 266 g/mol. The molecule has 1 N–H and O–H groups in total. The summed E-state index contributed by atoms with van der Waals surface area (Å²) in [5.74, 6) is 0.266. The predicted molar refractivity (Wildman–Crippen MR) is 72.6 cm³/mol. The first-order chi connectivity index (χ1) is 7.47. The molecule has 0 fully saturated rings. The monoisotopic (exact) mass is 283 g/mol. The van der Waals surface area contributed by atoms with Crippen molar-refractivity contribution in [2.75, 3.05) is 6.61 Å². The molecule has 1 aromatic rings. The van der Waals surface area contributed by atoms with Crippen molar-refractivity contribution in [2.24, 2.45) is 10.9 Å². The summed E-state index contributed by atoms with van der Waals surface area (Å²) in [7, 11) is 0. The first-order valence-corrected chi connectivity index (χ1v) is 6.20. The number of hydrogen-bond acceptors (Lipinski definition) is 2. The summed E-state index contributed by atoms with van der Waals surface area (Å²) in [4.78, 5) is 4.57. The highest BCUT2D eigenvalue weighted by molar-refractivity contribution is 9.10. The van der Waals surface area contributed by atoms with Crippen LogP contribution in [-0.4, -0.2) is 17.4 Å². The lowest BCUT2D eigenvalue weighted by atomic mass is 10.1. The number of nitrogens with zero attached hydrogens (tertiary/aromatic N) is 1. The minimum atomic E-state index is 0.0169. The first kappa shape index (κ1) is 13.4. The molecule has 0 spiro atoms. The summed E-state index contributed by atoms with van der Waals surface area (Å²) < 4.78 is 1.05. The molecule has 0 amide bonds. The molecule has 0 unspecified atom stereocenters. The van der Waals surface area contributed by atoms with Crippen LogP contribution in [0.25, 0.3) is 0 Å². The Bertz CT molecular complexity index is 411. The van der Waals surface area contributed by atoms with Crippen molar-refractivity contribution < 1.29 is 5.11 Å². The van der Waals surface area contributed by atoms with Crippen LogP contribution < -0.4 is 0 Å². The van der Waals surface area contributed by atoms with Crippen LogP contribution in [0.2, 0.25) is 0 Å². The van der Waals surface area contributed by atoms with Gasteiger partial charge in [0.25, 0.3) is 0 Å². The van der Waals surface area contributed by atoms with E-state index in [0.29, 0.717) is 0 Å². The molecule has 3 heteroatoms. The van der Waals surface area contributed by atoms with Crippen LogP contribution >= 0.6 is 15.9 Å². The largest absolute Gasteiger partial charge is 0.390 e. The van der Waals surface area contributed by atoms with Crippen molar-refractivity contribution in [3.05, 3.63) is 27.7 Å². The highest BCUT2D eigenvalue weighted by atomic mass is 79.9.